The van der Waals surface area contributed by atoms with Gasteiger partial charge in [-0.25, -0.2) is 9.97 Å². The lowest BCUT2D eigenvalue weighted by Crippen LogP contribution is -1.80. The van der Waals surface area contributed by atoms with Crippen LogP contribution in [0.5, 0.6) is 0 Å². The lowest BCUT2D eigenvalue weighted by molar-refractivity contribution is 1.15. The van der Waals surface area contributed by atoms with Crippen LogP contribution in [0.25, 0.3) is 11.2 Å². The summed E-state index contributed by atoms with van der Waals surface area (Å²) in [6.07, 6.45) is 0. The Bertz CT molecular complexity index is 389. The Morgan fingerprint density at radius 2 is 2.00 bits per heavy atom. The highest BCUT2D eigenvalue weighted by Crippen LogP contribution is 2.08. The average Bonchev–Trinajstić information content (AvgIpc) is 2.27. The molecule has 0 saturated carbocycles. The third kappa shape index (κ3) is 0.981. The van der Waals surface area contributed by atoms with Crippen LogP contribution in [0.4, 0.5) is 0 Å². The molecule has 11 heavy (non-hydrogen) atoms. The molecule has 2 rings (SSSR count). The van der Waals surface area contributed by atoms with Gasteiger partial charge in [0.1, 0.15) is 5.82 Å². The highest BCUT2D eigenvalue weighted by Gasteiger charge is 1.98. The van der Waals surface area contributed by atoms with E-state index in [1.54, 1.807) is 0 Å². The minimum absolute atomic E-state index is 0.808. The second kappa shape index (κ2) is 2.05. The number of aromatic nitrogens is 3. The molecular weight excluding hydrogens is 138 g/mol. The molecule has 3 nitrogen and oxygen atoms in total. The van der Waals surface area contributed by atoms with Gasteiger partial charge >= 0.3 is 0 Å². The van der Waals surface area contributed by atoms with Crippen LogP contribution in [0.3, 0.4) is 0 Å². The minimum atomic E-state index is 0.808. The maximum absolute atomic E-state index is 4.25. The summed E-state index contributed by atoms with van der Waals surface area (Å²) in [5.74, 6) is 0.915. The Morgan fingerprint density at radius 3 is 2.82 bits per heavy atom. The van der Waals surface area contributed by atoms with Gasteiger partial charge in [-0.3, -0.25) is 0 Å². The smallest absolute Gasteiger partial charge is 0.177 e. The molecule has 0 bridgehead atoms. The summed E-state index contributed by atoms with van der Waals surface area (Å²) in [6.45, 7) is 3.89. The zero-order valence-electron chi connectivity index (χ0n) is 6.55. The number of imidazole rings is 1. The molecule has 1 N–H and O–H groups in total. The van der Waals surface area contributed by atoms with Gasteiger partial charge in [0.25, 0.3) is 0 Å². The topological polar surface area (TPSA) is 41.6 Å². The van der Waals surface area contributed by atoms with Gasteiger partial charge in [0.2, 0.25) is 0 Å². The number of aromatic amines is 1. The van der Waals surface area contributed by atoms with Crippen molar-refractivity contribution in [2.45, 2.75) is 13.8 Å². The molecule has 0 saturated heterocycles. The lowest BCUT2D eigenvalue weighted by atomic mass is 10.4. The molecule has 0 unspecified atom stereocenters. The van der Waals surface area contributed by atoms with Gasteiger partial charge in [-0.15, -0.1) is 0 Å². The molecule has 0 radical (unpaired) electrons. The maximum atomic E-state index is 4.25. The van der Waals surface area contributed by atoms with E-state index in [1.807, 2.05) is 26.0 Å². The largest absolute Gasteiger partial charge is 0.341 e. The van der Waals surface area contributed by atoms with Crippen LogP contribution < -0.4 is 0 Å². The Labute approximate surface area is 64.5 Å². The zero-order chi connectivity index (χ0) is 7.84. The number of aryl methyl sites for hydroxylation is 2. The highest BCUT2D eigenvalue weighted by molar-refractivity contribution is 5.70. The molecule has 0 spiro atoms. The summed E-state index contributed by atoms with van der Waals surface area (Å²) < 4.78 is 0. The van der Waals surface area contributed by atoms with Gasteiger partial charge in [0, 0.05) is 5.69 Å². The average molecular weight is 147 g/mol. The summed E-state index contributed by atoms with van der Waals surface area (Å²) in [6, 6.07) is 3.97. The Balaban J connectivity index is 2.82. The molecule has 2 heterocycles. The van der Waals surface area contributed by atoms with Gasteiger partial charge in [0.15, 0.2) is 5.65 Å². The summed E-state index contributed by atoms with van der Waals surface area (Å²) in [7, 11) is 0. The molecule has 2 aromatic heterocycles. The van der Waals surface area contributed by atoms with E-state index in [-0.39, 0.29) is 0 Å². The van der Waals surface area contributed by atoms with Gasteiger partial charge in [0.05, 0.1) is 5.52 Å². The molecule has 0 aliphatic rings. The van der Waals surface area contributed by atoms with Crippen LogP contribution in [-0.2, 0) is 0 Å². The third-order valence-corrected chi connectivity index (χ3v) is 1.60. The molecule has 3 heteroatoms. The summed E-state index contributed by atoms with van der Waals surface area (Å²) in [4.78, 5) is 11.6. The van der Waals surface area contributed by atoms with E-state index < -0.39 is 0 Å². The predicted molar refractivity (Wildman–Crippen MR) is 43.4 cm³/mol. The van der Waals surface area contributed by atoms with Crippen LogP contribution in [0, 0.1) is 13.8 Å². The first-order valence-electron chi connectivity index (χ1n) is 3.56. The van der Waals surface area contributed by atoms with Crippen LogP contribution in [0.15, 0.2) is 12.1 Å². The summed E-state index contributed by atoms with van der Waals surface area (Å²) in [5, 5.41) is 0. The molecule has 0 aliphatic carbocycles. The lowest BCUT2D eigenvalue weighted by Gasteiger charge is -1.88. The number of nitrogens with one attached hydrogen (secondary N) is 1. The Morgan fingerprint density at radius 1 is 1.18 bits per heavy atom. The van der Waals surface area contributed by atoms with E-state index in [1.165, 1.54) is 0 Å². The van der Waals surface area contributed by atoms with Crippen LogP contribution in [0.2, 0.25) is 0 Å². The van der Waals surface area contributed by atoms with Crippen molar-refractivity contribution >= 4 is 11.2 Å². The first kappa shape index (κ1) is 6.34. The fraction of sp³-hybridized carbons (Fsp3) is 0.250. The van der Waals surface area contributed by atoms with E-state index >= 15 is 0 Å². The monoisotopic (exact) mass is 147 g/mol. The van der Waals surface area contributed by atoms with E-state index in [0.29, 0.717) is 0 Å². The zero-order valence-corrected chi connectivity index (χ0v) is 6.55. The Kier molecular flexibility index (Phi) is 1.18. The Hall–Kier alpha value is -1.38. The number of fused-ring (bicyclic) bond motifs is 1. The fourth-order valence-corrected chi connectivity index (χ4v) is 1.11. The SMILES string of the molecule is Cc1ccc2[nH]c(C)nc2n1. The van der Waals surface area contributed by atoms with Crippen molar-refractivity contribution < 1.29 is 0 Å². The molecule has 2 aromatic rings. The number of hydrogen-bond donors (Lipinski definition) is 1. The van der Waals surface area contributed by atoms with E-state index in [2.05, 4.69) is 15.0 Å². The van der Waals surface area contributed by atoms with Gasteiger partial charge in [-0.2, -0.15) is 0 Å². The highest BCUT2D eigenvalue weighted by atomic mass is 15.0. The first-order valence-corrected chi connectivity index (χ1v) is 3.56. The molecule has 56 valence electrons. The van der Waals surface area contributed by atoms with Gasteiger partial charge in [-0.1, -0.05) is 0 Å². The fourth-order valence-electron chi connectivity index (χ4n) is 1.11. The number of rotatable bonds is 0. The minimum Gasteiger partial charge on any atom is -0.341 e. The molecule has 0 fully saturated rings. The standard InChI is InChI=1S/C8H9N3/c1-5-3-4-7-8(9-5)11-6(2)10-7/h3-4H,1-2H3,(H,9,10,11). The quantitative estimate of drug-likeness (QED) is 0.614. The van der Waals surface area contributed by atoms with Crippen molar-refractivity contribution in [3.8, 4) is 0 Å². The molecular formula is C8H9N3. The number of hydrogen-bond acceptors (Lipinski definition) is 2. The summed E-state index contributed by atoms with van der Waals surface area (Å²) in [5.41, 5.74) is 2.82. The number of pyridine rings is 1. The van der Waals surface area contributed by atoms with Gasteiger partial charge in [-0.05, 0) is 26.0 Å². The molecule has 0 aliphatic heterocycles. The first-order chi connectivity index (χ1) is 5.25. The molecule has 0 atom stereocenters. The van der Waals surface area contributed by atoms with Crippen LogP contribution in [-0.4, -0.2) is 15.0 Å². The van der Waals surface area contributed by atoms with Crippen molar-refractivity contribution in [1.29, 1.82) is 0 Å². The van der Waals surface area contributed by atoms with Crippen LogP contribution in [0.1, 0.15) is 11.5 Å². The van der Waals surface area contributed by atoms with E-state index in [0.717, 1.165) is 22.7 Å². The second-order valence-corrected chi connectivity index (χ2v) is 2.65. The van der Waals surface area contributed by atoms with Gasteiger partial charge < -0.3 is 4.98 Å². The third-order valence-electron chi connectivity index (χ3n) is 1.60. The predicted octanol–water partition coefficient (Wildman–Crippen LogP) is 1.57. The van der Waals surface area contributed by atoms with Crippen molar-refractivity contribution in [3.05, 3.63) is 23.7 Å². The second-order valence-electron chi connectivity index (χ2n) is 2.65. The van der Waals surface area contributed by atoms with Crippen molar-refractivity contribution in [2.75, 3.05) is 0 Å². The van der Waals surface area contributed by atoms with Crippen molar-refractivity contribution in [3.63, 3.8) is 0 Å². The molecule has 0 aromatic carbocycles. The van der Waals surface area contributed by atoms with E-state index in [9.17, 15) is 0 Å². The van der Waals surface area contributed by atoms with Crippen LogP contribution >= 0.6 is 0 Å². The normalized spacial score (nSPS) is 10.7. The number of nitrogens with zero attached hydrogens (tertiary/aromatic N) is 2. The number of H-pyrrole nitrogens is 1. The van der Waals surface area contributed by atoms with Crippen molar-refractivity contribution in [2.24, 2.45) is 0 Å². The maximum Gasteiger partial charge on any atom is 0.177 e. The van der Waals surface area contributed by atoms with Crippen molar-refractivity contribution in [1.82, 2.24) is 15.0 Å². The molecule has 0 amide bonds. The summed E-state index contributed by atoms with van der Waals surface area (Å²) >= 11 is 0. The van der Waals surface area contributed by atoms with E-state index in [4.69, 9.17) is 0 Å².